The predicted octanol–water partition coefficient (Wildman–Crippen LogP) is 2.73. The number of phenolic OH excluding ortho intramolecular Hbond substituents is 1. The first-order valence-electron chi connectivity index (χ1n) is 5.54. The van der Waals surface area contributed by atoms with Gasteiger partial charge in [0.05, 0.1) is 0 Å². The molecule has 2 N–H and O–H groups in total. The van der Waals surface area contributed by atoms with Crippen LogP contribution in [0.1, 0.15) is 18.4 Å². The van der Waals surface area contributed by atoms with Crippen molar-refractivity contribution in [3.8, 4) is 5.75 Å². The van der Waals surface area contributed by atoms with E-state index < -0.39 is 5.82 Å². The first-order valence-corrected chi connectivity index (χ1v) is 5.92. The summed E-state index contributed by atoms with van der Waals surface area (Å²) in [6, 6.07) is 2.97. The maximum atomic E-state index is 13.3. The maximum absolute atomic E-state index is 13.3. The van der Waals surface area contributed by atoms with Crippen molar-refractivity contribution in [2.24, 2.45) is 5.92 Å². The van der Waals surface area contributed by atoms with E-state index in [1.54, 1.807) is 6.07 Å². The first kappa shape index (κ1) is 11.7. The van der Waals surface area contributed by atoms with Gasteiger partial charge in [0.15, 0.2) is 0 Å². The zero-order chi connectivity index (χ0) is 11.5. The third-order valence-corrected chi connectivity index (χ3v) is 3.37. The summed E-state index contributed by atoms with van der Waals surface area (Å²) in [4.78, 5) is 0. The summed E-state index contributed by atoms with van der Waals surface area (Å²) in [5.74, 6) is -0.186. The highest BCUT2D eigenvalue weighted by Gasteiger charge is 2.15. The van der Waals surface area contributed by atoms with Crippen LogP contribution >= 0.6 is 11.6 Å². The summed E-state index contributed by atoms with van der Waals surface area (Å²) in [5.41, 5.74) is 0.813. The van der Waals surface area contributed by atoms with Crippen LogP contribution in [0.2, 0.25) is 5.02 Å². The summed E-state index contributed by atoms with van der Waals surface area (Å²) < 4.78 is 13.3. The van der Waals surface area contributed by atoms with Gasteiger partial charge in [0.2, 0.25) is 0 Å². The fraction of sp³-hybridized carbons (Fsp3) is 0.500. The van der Waals surface area contributed by atoms with Crippen molar-refractivity contribution < 1.29 is 9.50 Å². The summed E-state index contributed by atoms with van der Waals surface area (Å²) in [7, 11) is 0. The third-order valence-electron chi connectivity index (χ3n) is 2.99. The summed E-state index contributed by atoms with van der Waals surface area (Å²) in [5, 5.41) is 12.5. The molecule has 1 saturated heterocycles. The molecule has 1 fully saturated rings. The number of aromatic hydroxyl groups is 1. The Morgan fingerprint density at radius 3 is 2.94 bits per heavy atom. The van der Waals surface area contributed by atoms with Crippen LogP contribution < -0.4 is 5.32 Å². The largest absolute Gasteiger partial charge is 0.506 e. The molecule has 88 valence electrons. The van der Waals surface area contributed by atoms with Gasteiger partial charge in [-0.1, -0.05) is 11.6 Å². The highest BCUT2D eigenvalue weighted by molar-refractivity contribution is 6.32. The van der Waals surface area contributed by atoms with Crippen LogP contribution in [0.5, 0.6) is 5.75 Å². The van der Waals surface area contributed by atoms with Gasteiger partial charge in [0, 0.05) is 0 Å². The molecule has 1 aliphatic rings. The second kappa shape index (κ2) is 5.02. The Hall–Kier alpha value is -0.800. The van der Waals surface area contributed by atoms with Gasteiger partial charge >= 0.3 is 0 Å². The molecule has 1 unspecified atom stereocenters. The van der Waals surface area contributed by atoms with Gasteiger partial charge in [-0.2, -0.15) is 0 Å². The molecule has 2 rings (SSSR count). The van der Waals surface area contributed by atoms with E-state index in [0.717, 1.165) is 37.9 Å². The number of benzene rings is 1. The summed E-state index contributed by atoms with van der Waals surface area (Å²) >= 11 is 5.56. The minimum atomic E-state index is -0.541. The molecular weight excluding hydrogens is 229 g/mol. The molecule has 0 saturated carbocycles. The number of nitrogens with one attached hydrogen (secondary N) is 1. The second-order valence-corrected chi connectivity index (χ2v) is 4.71. The van der Waals surface area contributed by atoms with Gasteiger partial charge < -0.3 is 10.4 Å². The standard InChI is InChI=1S/C12H15ClFNO/c13-12-10(14)5-9(6-11(12)16)4-8-2-1-3-15-7-8/h5-6,8,15-16H,1-4,7H2. The number of hydrogen-bond donors (Lipinski definition) is 2. The Bertz CT molecular complexity index is 354. The molecule has 0 spiro atoms. The lowest BCUT2D eigenvalue weighted by Crippen LogP contribution is -2.30. The van der Waals surface area contributed by atoms with Gasteiger partial charge in [-0.05, 0) is 56.0 Å². The van der Waals surface area contributed by atoms with Crippen molar-refractivity contribution in [2.45, 2.75) is 19.3 Å². The van der Waals surface area contributed by atoms with E-state index in [4.69, 9.17) is 11.6 Å². The molecule has 1 aromatic carbocycles. The molecular formula is C12H15ClFNO. The van der Waals surface area contributed by atoms with Crippen molar-refractivity contribution in [3.05, 3.63) is 28.5 Å². The van der Waals surface area contributed by atoms with Crippen molar-refractivity contribution in [1.82, 2.24) is 5.32 Å². The molecule has 1 aliphatic heterocycles. The molecule has 0 aromatic heterocycles. The molecule has 4 heteroatoms. The SMILES string of the molecule is Oc1cc(CC2CCCNC2)cc(F)c1Cl. The highest BCUT2D eigenvalue weighted by Crippen LogP contribution is 2.29. The number of phenols is 1. The topological polar surface area (TPSA) is 32.3 Å². The van der Waals surface area contributed by atoms with Crippen LogP contribution in [0.3, 0.4) is 0 Å². The highest BCUT2D eigenvalue weighted by atomic mass is 35.5. The molecule has 0 aliphatic carbocycles. The Morgan fingerprint density at radius 1 is 1.50 bits per heavy atom. The zero-order valence-electron chi connectivity index (χ0n) is 8.97. The Kier molecular flexibility index (Phi) is 3.66. The van der Waals surface area contributed by atoms with Crippen LogP contribution in [-0.4, -0.2) is 18.2 Å². The average Bonchev–Trinajstić information content (AvgIpc) is 2.27. The minimum absolute atomic E-state index is 0.166. The number of hydrogen-bond acceptors (Lipinski definition) is 2. The summed E-state index contributed by atoms with van der Waals surface area (Å²) in [6.07, 6.45) is 3.10. The van der Waals surface area contributed by atoms with E-state index in [0.29, 0.717) is 5.92 Å². The van der Waals surface area contributed by atoms with Crippen LogP contribution in [0, 0.1) is 11.7 Å². The van der Waals surface area contributed by atoms with Gasteiger partial charge in [0.25, 0.3) is 0 Å². The molecule has 1 atom stereocenters. The number of rotatable bonds is 2. The Morgan fingerprint density at radius 2 is 2.31 bits per heavy atom. The lowest BCUT2D eigenvalue weighted by molar-refractivity contribution is 0.375. The molecule has 1 aromatic rings. The molecule has 0 radical (unpaired) electrons. The van der Waals surface area contributed by atoms with E-state index in [9.17, 15) is 9.50 Å². The van der Waals surface area contributed by atoms with Gasteiger partial charge in [-0.25, -0.2) is 4.39 Å². The van der Waals surface area contributed by atoms with Crippen molar-refractivity contribution >= 4 is 11.6 Å². The van der Waals surface area contributed by atoms with Crippen LogP contribution in [-0.2, 0) is 6.42 Å². The zero-order valence-corrected chi connectivity index (χ0v) is 9.73. The molecule has 1 heterocycles. The molecule has 0 bridgehead atoms. The van der Waals surface area contributed by atoms with Gasteiger partial charge in [0.1, 0.15) is 16.6 Å². The van der Waals surface area contributed by atoms with Gasteiger partial charge in [-0.15, -0.1) is 0 Å². The second-order valence-electron chi connectivity index (χ2n) is 4.33. The summed E-state index contributed by atoms with van der Waals surface area (Å²) in [6.45, 7) is 2.03. The van der Waals surface area contributed by atoms with Crippen molar-refractivity contribution in [3.63, 3.8) is 0 Å². The van der Waals surface area contributed by atoms with E-state index in [1.165, 1.54) is 6.07 Å². The van der Waals surface area contributed by atoms with E-state index in [-0.39, 0.29) is 10.8 Å². The fourth-order valence-corrected chi connectivity index (χ4v) is 2.29. The quantitative estimate of drug-likeness (QED) is 0.837. The molecule has 16 heavy (non-hydrogen) atoms. The Labute approximate surface area is 99.4 Å². The molecule has 2 nitrogen and oxygen atoms in total. The first-order chi connectivity index (χ1) is 7.66. The van der Waals surface area contributed by atoms with Crippen LogP contribution in [0.25, 0.3) is 0 Å². The predicted molar refractivity (Wildman–Crippen MR) is 62.4 cm³/mol. The lowest BCUT2D eigenvalue weighted by Gasteiger charge is -2.22. The maximum Gasteiger partial charge on any atom is 0.145 e. The van der Waals surface area contributed by atoms with Crippen molar-refractivity contribution in [1.29, 1.82) is 0 Å². The van der Waals surface area contributed by atoms with E-state index >= 15 is 0 Å². The van der Waals surface area contributed by atoms with Crippen molar-refractivity contribution in [2.75, 3.05) is 13.1 Å². The number of halogens is 2. The third kappa shape index (κ3) is 2.66. The monoisotopic (exact) mass is 243 g/mol. The number of piperidine rings is 1. The fourth-order valence-electron chi connectivity index (χ4n) is 2.18. The average molecular weight is 244 g/mol. The van der Waals surface area contributed by atoms with Gasteiger partial charge in [-0.3, -0.25) is 0 Å². The Balaban J connectivity index is 2.09. The lowest BCUT2D eigenvalue weighted by atomic mass is 9.92. The van der Waals surface area contributed by atoms with E-state index in [2.05, 4.69) is 5.32 Å². The van der Waals surface area contributed by atoms with Crippen LogP contribution in [0.4, 0.5) is 4.39 Å². The smallest absolute Gasteiger partial charge is 0.145 e. The normalized spacial score (nSPS) is 21.0. The molecule has 0 amide bonds. The van der Waals surface area contributed by atoms with Crippen LogP contribution in [0.15, 0.2) is 12.1 Å². The van der Waals surface area contributed by atoms with E-state index in [1.807, 2.05) is 0 Å². The minimum Gasteiger partial charge on any atom is -0.506 e.